The maximum absolute atomic E-state index is 12.1. The number of thiol groups is 1. The molecule has 0 bridgehead atoms. The van der Waals surface area contributed by atoms with Crippen LogP contribution in [0.1, 0.15) is 17.0 Å². The molecule has 3 nitrogen and oxygen atoms in total. The summed E-state index contributed by atoms with van der Waals surface area (Å²) in [6.45, 7) is 0.921. The summed E-state index contributed by atoms with van der Waals surface area (Å²) in [6, 6.07) is 16.8. The van der Waals surface area contributed by atoms with Crippen LogP contribution in [0.4, 0.5) is 0 Å². The first kappa shape index (κ1) is 15.1. The molecule has 22 heavy (non-hydrogen) atoms. The van der Waals surface area contributed by atoms with Gasteiger partial charge in [0.15, 0.2) is 0 Å². The van der Waals surface area contributed by atoms with Gasteiger partial charge in [-0.1, -0.05) is 48.5 Å². The fourth-order valence-corrected chi connectivity index (χ4v) is 3.41. The third-order valence-electron chi connectivity index (χ3n) is 4.32. The third-order valence-corrected chi connectivity index (χ3v) is 4.76. The molecule has 2 aromatic rings. The Morgan fingerprint density at radius 2 is 1.64 bits per heavy atom. The number of hydrogen-bond donors (Lipinski definition) is 3. The quantitative estimate of drug-likeness (QED) is 0.743. The van der Waals surface area contributed by atoms with Crippen LogP contribution < -0.4 is 11.1 Å². The van der Waals surface area contributed by atoms with E-state index < -0.39 is 0 Å². The predicted octanol–water partition coefficient (Wildman–Crippen LogP) is 2.42. The monoisotopic (exact) mass is 312 g/mol. The molecule has 0 saturated heterocycles. The molecule has 0 spiro atoms. The van der Waals surface area contributed by atoms with Gasteiger partial charge < -0.3 is 11.1 Å². The zero-order chi connectivity index (χ0) is 15.5. The van der Waals surface area contributed by atoms with Crippen molar-refractivity contribution in [3.05, 3.63) is 59.7 Å². The van der Waals surface area contributed by atoms with E-state index in [-0.39, 0.29) is 17.7 Å². The molecule has 4 heteroatoms. The highest BCUT2D eigenvalue weighted by Gasteiger charge is 2.28. The van der Waals surface area contributed by atoms with Crippen LogP contribution in [0.2, 0.25) is 0 Å². The summed E-state index contributed by atoms with van der Waals surface area (Å²) < 4.78 is 0. The molecular weight excluding hydrogens is 292 g/mol. The van der Waals surface area contributed by atoms with Crippen LogP contribution in [0.25, 0.3) is 11.1 Å². The second kappa shape index (κ2) is 6.55. The summed E-state index contributed by atoms with van der Waals surface area (Å²) in [5.41, 5.74) is 10.7. The first-order chi connectivity index (χ1) is 10.8. The Labute approximate surface area is 136 Å². The van der Waals surface area contributed by atoms with Gasteiger partial charge in [-0.25, -0.2) is 0 Å². The van der Waals surface area contributed by atoms with Gasteiger partial charge in [0.2, 0.25) is 5.91 Å². The lowest BCUT2D eigenvalue weighted by Gasteiger charge is -2.17. The average Bonchev–Trinajstić information content (AvgIpc) is 2.88. The highest BCUT2D eigenvalue weighted by molar-refractivity contribution is 7.80. The van der Waals surface area contributed by atoms with Crippen molar-refractivity contribution in [2.75, 3.05) is 18.8 Å². The van der Waals surface area contributed by atoms with Crippen LogP contribution in [0, 0.1) is 5.92 Å². The Hall–Kier alpha value is -1.78. The maximum Gasteiger partial charge on any atom is 0.225 e. The Balaban J connectivity index is 1.84. The van der Waals surface area contributed by atoms with Crippen LogP contribution in [0.5, 0.6) is 0 Å². The molecule has 1 amide bonds. The standard InChI is InChI=1S/C18H20N2OS/c19-9-12(11-22)18(21)20-10-17-15-7-3-1-5-13(15)14-6-2-4-8-16(14)17/h1-8,12,17,22H,9-11,19H2,(H,20,21)/t12-/m0/s1. The number of hydrogen-bond acceptors (Lipinski definition) is 3. The average molecular weight is 312 g/mol. The number of rotatable bonds is 5. The number of nitrogens with one attached hydrogen (secondary N) is 1. The van der Waals surface area contributed by atoms with E-state index in [0.717, 1.165) is 0 Å². The van der Waals surface area contributed by atoms with Crippen LogP contribution in [-0.4, -0.2) is 24.7 Å². The van der Waals surface area contributed by atoms with Gasteiger partial charge in [0.25, 0.3) is 0 Å². The Morgan fingerprint density at radius 3 is 2.14 bits per heavy atom. The molecule has 0 radical (unpaired) electrons. The van der Waals surface area contributed by atoms with E-state index in [1.807, 2.05) is 0 Å². The zero-order valence-electron chi connectivity index (χ0n) is 12.3. The number of fused-ring (bicyclic) bond motifs is 3. The molecule has 2 aromatic carbocycles. The van der Waals surface area contributed by atoms with Crippen molar-refractivity contribution in [2.45, 2.75) is 5.92 Å². The molecule has 0 heterocycles. The molecule has 1 aliphatic carbocycles. The maximum atomic E-state index is 12.1. The van der Waals surface area contributed by atoms with E-state index in [0.29, 0.717) is 18.8 Å². The SMILES string of the molecule is NC[C@@H](CS)C(=O)NCC1c2ccccc2-c2ccccc21. The van der Waals surface area contributed by atoms with E-state index in [9.17, 15) is 4.79 Å². The van der Waals surface area contributed by atoms with Crippen molar-refractivity contribution in [1.82, 2.24) is 5.32 Å². The Bertz CT molecular complexity index is 637. The Morgan fingerprint density at radius 1 is 1.09 bits per heavy atom. The van der Waals surface area contributed by atoms with Crippen LogP contribution in [-0.2, 0) is 4.79 Å². The fourth-order valence-electron chi connectivity index (χ4n) is 3.09. The van der Waals surface area contributed by atoms with Crippen molar-refractivity contribution >= 4 is 18.5 Å². The topological polar surface area (TPSA) is 55.1 Å². The van der Waals surface area contributed by atoms with Gasteiger partial charge in [-0.2, -0.15) is 12.6 Å². The minimum atomic E-state index is -0.227. The van der Waals surface area contributed by atoms with Gasteiger partial charge in [-0.05, 0) is 22.3 Å². The Kier molecular flexibility index (Phi) is 4.50. The van der Waals surface area contributed by atoms with Gasteiger partial charge >= 0.3 is 0 Å². The molecule has 1 atom stereocenters. The fraction of sp³-hybridized carbons (Fsp3) is 0.278. The summed E-state index contributed by atoms with van der Waals surface area (Å²) in [4.78, 5) is 12.1. The first-order valence-corrected chi connectivity index (χ1v) is 8.16. The summed E-state index contributed by atoms with van der Waals surface area (Å²) in [7, 11) is 0. The second-order valence-corrected chi connectivity index (χ2v) is 5.95. The van der Waals surface area contributed by atoms with Crippen LogP contribution >= 0.6 is 12.6 Å². The minimum Gasteiger partial charge on any atom is -0.355 e. The van der Waals surface area contributed by atoms with Gasteiger partial charge in [-0.15, -0.1) is 0 Å². The number of carbonyl (C=O) groups is 1. The van der Waals surface area contributed by atoms with E-state index in [4.69, 9.17) is 5.73 Å². The van der Waals surface area contributed by atoms with Gasteiger partial charge in [0.1, 0.15) is 0 Å². The smallest absolute Gasteiger partial charge is 0.225 e. The molecule has 0 fully saturated rings. The highest BCUT2D eigenvalue weighted by Crippen LogP contribution is 2.44. The lowest BCUT2D eigenvalue weighted by atomic mass is 9.96. The zero-order valence-corrected chi connectivity index (χ0v) is 13.2. The van der Waals surface area contributed by atoms with Crippen LogP contribution in [0.3, 0.4) is 0 Å². The molecule has 1 aliphatic rings. The van der Waals surface area contributed by atoms with E-state index in [1.54, 1.807) is 0 Å². The summed E-state index contributed by atoms with van der Waals surface area (Å²) in [5.74, 6) is 0.435. The number of nitrogens with two attached hydrogens (primary N) is 1. The third kappa shape index (κ3) is 2.64. The van der Waals surface area contributed by atoms with Crippen molar-refractivity contribution in [3.8, 4) is 11.1 Å². The first-order valence-electron chi connectivity index (χ1n) is 7.53. The molecule has 114 valence electrons. The normalized spacial score (nSPS) is 14.3. The van der Waals surface area contributed by atoms with E-state index in [1.165, 1.54) is 22.3 Å². The van der Waals surface area contributed by atoms with Crippen molar-refractivity contribution < 1.29 is 4.79 Å². The molecule has 3 N–H and O–H groups in total. The summed E-state index contributed by atoms with van der Waals surface area (Å²) >= 11 is 4.19. The van der Waals surface area contributed by atoms with E-state index in [2.05, 4.69) is 66.5 Å². The van der Waals surface area contributed by atoms with Gasteiger partial charge in [0, 0.05) is 24.8 Å². The predicted molar refractivity (Wildman–Crippen MR) is 93.1 cm³/mol. The number of amides is 1. The molecule has 3 rings (SSSR count). The van der Waals surface area contributed by atoms with Crippen molar-refractivity contribution in [1.29, 1.82) is 0 Å². The van der Waals surface area contributed by atoms with Crippen LogP contribution in [0.15, 0.2) is 48.5 Å². The minimum absolute atomic E-state index is 0.0145. The molecule has 0 aromatic heterocycles. The lowest BCUT2D eigenvalue weighted by molar-refractivity contribution is -0.124. The largest absolute Gasteiger partial charge is 0.355 e. The highest BCUT2D eigenvalue weighted by atomic mass is 32.1. The number of benzene rings is 2. The second-order valence-electron chi connectivity index (χ2n) is 5.59. The molecule has 0 saturated carbocycles. The summed E-state index contributed by atoms with van der Waals surface area (Å²) in [6.07, 6.45) is 0. The number of carbonyl (C=O) groups excluding carboxylic acids is 1. The summed E-state index contributed by atoms with van der Waals surface area (Å²) in [5, 5.41) is 3.04. The molecule has 0 aliphatic heterocycles. The van der Waals surface area contributed by atoms with Gasteiger partial charge in [-0.3, -0.25) is 4.79 Å². The molecular formula is C18H20N2OS. The molecule has 0 unspecified atom stereocenters. The van der Waals surface area contributed by atoms with Crippen molar-refractivity contribution in [2.24, 2.45) is 11.7 Å². The lowest BCUT2D eigenvalue weighted by Crippen LogP contribution is -2.38. The van der Waals surface area contributed by atoms with E-state index >= 15 is 0 Å². The van der Waals surface area contributed by atoms with Crippen molar-refractivity contribution in [3.63, 3.8) is 0 Å². The van der Waals surface area contributed by atoms with Gasteiger partial charge in [0.05, 0.1) is 5.92 Å².